The lowest BCUT2D eigenvalue weighted by Crippen LogP contribution is -2.45. The van der Waals surface area contributed by atoms with Gasteiger partial charge in [-0.05, 0) is 116 Å². The van der Waals surface area contributed by atoms with Gasteiger partial charge < -0.3 is 19.8 Å². The minimum absolute atomic E-state index is 0.0478. The van der Waals surface area contributed by atoms with E-state index in [1.165, 1.54) is 199 Å². The van der Waals surface area contributed by atoms with Crippen LogP contribution in [0.5, 0.6) is 0 Å². The van der Waals surface area contributed by atoms with E-state index < -0.39 is 20.0 Å². The highest BCUT2D eigenvalue weighted by Gasteiger charge is 2.28. The van der Waals surface area contributed by atoms with Gasteiger partial charge in [0.25, 0.3) is 0 Å². The normalized spacial score (nSPS) is 14.4. The summed E-state index contributed by atoms with van der Waals surface area (Å²) in [6.45, 7) is 4.69. The van der Waals surface area contributed by atoms with Crippen molar-refractivity contribution >= 4 is 13.7 Å². The summed E-state index contributed by atoms with van der Waals surface area (Å²) in [4.78, 5) is 23.5. The Labute approximate surface area is 569 Å². The zero-order valence-corrected chi connectivity index (χ0v) is 61.4. The molecule has 3 unspecified atom stereocenters. The molecule has 8 nitrogen and oxygen atoms in total. The number of hydrogen-bond donors (Lipinski definition) is 3. The van der Waals surface area contributed by atoms with Gasteiger partial charge in [-0.25, -0.2) is 4.57 Å². The van der Waals surface area contributed by atoms with E-state index in [0.29, 0.717) is 17.4 Å². The molecule has 0 radical (unpaired) electrons. The van der Waals surface area contributed by atoms with Gasteiger partial charge in [0.2, 0.25) is 5.91 Å². The quantitative estimate of drug-likeness (QED) is 0.0243. The van der Waals surface area contributed by atoms with E-state index in [1.807, 2.05) is 27.2 Å². The summed E-state index contributed by atoms with van der Waals surface area (Å²) in [6.07, 6.45) is 110. The van der Waals surface area contributed by atoms with E-state index in [9.17, 15) is 19.4 Å². The Hall–Kier alpha value is -3.62. The second kappa shape index (κ2) is 71.7. The Morgan fingerprint density at radius 1 is 0.380 bits per heavy atom. The van der Waals surface area contributed by atoms with Crippen LogP contribution in [0.2, 0.25) is 0 Å². The van der Waals surface area contributed by atoms with Crippen LogP contribution in [0.4, 0.5) is 0 Å². The van der Waals surface area contributed by atoms with Gasteiger partial charge in [-0.1, -0.05) is 346 Å². The molecule has 92 heavy (non-hydrogen) atoms. The van der Waals surface area contributed by atoms with E-state index >= 15 is 0 Å². The molecule has 0 fully saturated rings. The summed E-state index contributed by atoms with van der Waals surface area (Å²) in [5, 5.41) is 14.0. The number of amides is 1. The molecule has 0 rings (SSSR count). The fraction of sp³-hybridized carbons (Fsp3) is 0.699. The number of aliphatic hydroxyl groups is 1. The molecule has 1 amide bonds. The van der Waals surface area contributed by atoms with Crippen LogP contribution in [0.3, 0.4) is 0 Å². The van der Waals surface area contributed by atoms with Crippen LogP contribution in [0.25, 0.3) is 0 Å². The van der Waals surface area contributed by atoms with Crippen LogP contribution in [0.1, 0.15) is 322 Å². The third-order valence-electron chi connectivity index (χ3n) is 16.5. The highest BCUT2D eigenvalue weighted by molar-refractivity contribution is 7.47. The number of nitrogens with zero attached hydrogens (tertiary/aromatic N) is 1. The zero-order chi connectivity index (χ0) is 66.9. The smallest absolute Gasteiger partial charge is 0.387 e. The molecule has 0 bridgehead atoms. The fourth-order valence-electron chi connectivity index (χ4n) is 10.7. The van der Waals surface area contributed by atoms with Crippen LogP contribution in [-0.4, -0.2) is 73.4 Å². The standard InChI is InChI=1S/C83H145N2O6P/c1-6-8-10-12-14-16-18-20-22-24-26-28-30-32-34-36-37-38-39-40-41-42-43-44-45-46-47-49-51-53-55-57-59-61-63-65-67-69-71-73-75-77-83(87)84-81(80-91-92(88,89)90-79-78-85(3,4)5)82(86)76-74-72-70-68-66-64-62-60-58-56-54-52-50-48-35-33-31-29-27-25-23-21-19-17-15-13-11-9-7-2/h8,10,14,16,20,22,26,28,32,34,37-38,40-41,43-44,46-47,58,60,66,68,74,76,81-82,86H,6-7,9,11-13,15,17-19,21,23-25,27,29-31,33,35-36,39,42,45,48-57,59,61-65,67,69-73,75,77-80H2,1-5H3,(H-,84,87,88,89)/p+1/b10-8-,16-14-,22-20-,28-26-,34-32-,38-37-,41-40-,44-43-,47-46-,60-58+,68-66+,76-74+. The summed E-state index contributed by atoms with van der Waals surface area (Å²) in [7, 11) is 1.54. The summed E-state index contributed by atoms with van der Waals surface area (Å²) >= 11 is 0. The van der Waals surface area contributed by atoms with Crippen LogP contribution < -0.4 is 5.32 Å². The Morgan fingerprint density at radius 3 is 1.00 bits per heavy atom. The second-order valence-electron chi connectivity index (χ2n) is 26.6. The highest BCUT2D eigenvalue weighted by Crippen LogP contribution is 2.43. The SMILES string of the molecule is CC/C=C\C/C=C\C/C=C\C/C=C\C/C=C\C/C=C\C/C=C\C/C=C\C/C=C\CCCCCCCCCCCCCCCC(=O)NC(COP(=O)(O)OCC[N+](C)(C)C)C(O)/C=C/CC/C=C/CC/C=C/CCCCCCCCCCCCCCCCCCCCC. The van der Waals surface area contributed by atoms with E-state index in [1.54, 1.807) is 6.08 Å². The topological polar surface area (TPSA) is 105 Å². The molecule has 0 heterocycles. The van der Waals surface area contributed by atoms with Crippen molar-refractivity contribution in [3.63, 3.8) is 0 Å². The van der Waals surface area contributed by atoms with Crippen LogP contribution in [-0.2, 0) is 18.4 Å². The molecule has 0 spiro atoms. The molecule has 0 aliphatic carbocycles. The van der Waals surface area contributed by atoms with Gasteiger partial charge in [-0.15, -0.1) is 0 Å². The van der Waals surface area contributed by atoms with Crippen molar-refractivity contribution in [2.45, 2.75) is 334 Å². The first-order chi connectivity index (χ1) is 45.0. The molecule has 0 saturated carbocycles. The van der Waals surface area contributed by atoms with E-state index in [-0.39, 0.29) is 19.1 Å². The number of nitrogens with one attached hydrogen (secondary N) is 1. The molecule has 0 aliphatic heterocycles. The maximum atomic E-state index is 13.1. The Balaban J connectivity index is 4.11. The second-order valence-corrected chi connectivity index (χ2v) is 28.1. The molecule has 3 atom stereocenters. The van der Waals surface area contributed by atoms with Crippen molar-refractivity contribution in [1.29, 1.82) is 0 Å². The number of unbranched alkanes of at least 4 members (excludes halogenated alkanes) is 34. The number of likely N-dealkylation sites (N-methyl/N-ethyl adjacent to an activating group) is 1. The largest absolute Gasteiger partial charge is 0.472 e. The van der Waals surface area contributed by atoms with Crippen molar-refractivity contribution in [2.24, 2.45) is 0 Å². The van der Waals surface area contributed by atoms with Gasteiger partial charge in [0.1, 0.15) is 13.2 Å². The van der Waals surface area contributed by atoms with Crippen molar-refractivity contribution in [2.75, 3.05) is 40.9 Å². The predicted molar refractivity (Wildman–Crippen MR) is 405 cm³/mol. The van der Waals surface area contributed by atoms with Crippen molar-refractivity contribution in [1.82, 2.24) is 5.32 Å². The lowest BCUT2D eigenvalue weighted by molar-refractivity contribution is -0.870. The first kappa shape index (κ1) is 88.4. The maximum absolute atomic E-state index is 13.1. The fourth-order valence-corrected chi connectivity index (χ4v) is 11.4. The summed E-state index contributed by atoms with van der Waals surface area (Å²) in [5.41, 5.74) is 0. The minimum atomic E-state index is -4.38. The Morgan fingerprint density at radius 2 is 0.663 bits per heavy atom. The molecular weight excluding hydrogens is 1150 g/mol. The molecule has 0 saturated heterocycles. The number of phosphoric acid groups is 1. The summed E-state index contributed by atoms with van der Waals surface area (Å²) < 4.78 is 23.8. The van der Waals surface area contributed by atoms with Crippen molar-refractivity contribution < 1.29 is 32.9 Å². The number of carbonyl (C=O) groups excluding carboxylic acids is 1. The highest BCUT2D eigenvalue weighted by atomic mass is 31.2. The van der Waals surface area contributed by atoms with Gasteiger partial charge in [0.15, 0.2) is 0 Å². The predicted octanol–water partition coefficient (Wildman–Crippen LogP) is 25.1. The lowest BCUT2D eigenvalue weighted by atomic mass is 10.0. The Kier molecular flexibility index (Phi) is 68.8. The van der Waals surface area contributed by atoms with Crippen molar-refractivity contribution in [3.05, 3.63) is 146 Å². The molecule has 9 heteroatoms. The molecule has 3 N–H and O–H groups in total. The van der Waals surface area contributed by atoms with Gasteiger partial charge in [0.05, 0.1) is 39.9 Å². The summed E-state index contributed by atoms with van der Waals surface area (Å²) in [5.74, 6) is -0.194. The number of allylic oxidation sites excluding steroid dienone is 23. The van der Waals surface area contributed by atoms with E-state index in [2.05, 4.69) is 153 Å². The van der Waals surface area contributed by atoms with Crippen LogP contribution in [0.15, 0.2) is 146 Å². The van der Waals surface area contributed by atoms with Gasteiger partial charge >= 0.3 is 7.82 Å². The molecule has 0 aliphatic rings. The summed E-state index contributed by atoms with van der Waals surface area (Å²) in [6, 6.07) is -0.882. The molecule has 0 aromatic rings. The van der Waals surface area contributed by atoms with Gasteiger partial charge in [-0.2, -0.15) is 0 Å². The number of aliphatic hydroxyl groups excluding tert-OH is 1. The molecular formula is C83H146N2O6P+. The van der Waals surface area contributed by atoms with Crippen LogP contribution >= 0.6 is 7.82 Å². The minimum Gasteiger partial charge on any atom is -0.387 e. The first-order valence-electron chi connectivity index (χ1n) is 38.2. The number of phosphoric ester groups is 1. The third-order valence-corrected chi connectivity index (χ3v) is 17.5. The number of hydrogen-bond acceptors (Lipinski definition) is 5. The third kappa shape index (κ3) is 73.8. The molecule has 0 aromatic carbocycles. The van der Waals surface area contributed by atoms with Gasteiger partial charge in [0, 0.05) is 6.42 Å². The zero-order valence-electron chi connectivity index (χ0n) is 60.5. The number of carbonyl (C=O) groups is 1. The van der Waals surface area contributed by atoms with Crippen LogP contribution in [0, 0.1) is 0 Å². The lowest BCUT2D eigenvalue weighted by Gasteiger charge is -2.25. The monoisotopic (exact) mass is 1300 g/mol. The molecule has 528 valence electrons. The Bertz CT molecular complexity index is 2020. The van der Waals surface area contributed by atoms with E-state index in [0.717, 1.165) is 103 Å². The molecule has 0 aromatic heterocycles. The first-order valence-corrected chi connectivity index (χ1v) is 39.7. The van der Waals surface area contributed by atoms with Crippen molar-refractivity contribution in [3.8, 4) is 0 Å². The number of rotatable bonds is 69. The number of quaternary nitrogens is 1. The average molecular weight is 1300 g/mol. The average Bonchev–Trinajstić information content (AvgIpc) is 2.63. The maximum Gasteiger partial charge on any atom is 0.472 e. The van der Waals surface area contributed by atoms with E-state index in [4.69, 9.17) is 9.05 Å². The van der Waals surface area contributed by atoms with Gasteiger partial charge in [-0.3, -0.25) is 13.8 Å².